The fourth-order valence-electron chi connectivity index (χ4n) is 0.406. The summed E-state index contributed by atoms with van der Waals surface area (Å²) in [5.74, 6) is 0. The highest BCUT2D eigenvalue weighted by atomic mass is 79.9. The van der Waals surface area contributed by atoms with E-state index in [1.54, 1.807) is 6.20 Å². The minimum atomic E-state index is 0.852. The van der Waals surface area contributed by atoms with E-state index in [1.807, 2.05) is 12.1 Å². The van der Waals surface area contributed by atoms with E-state index in [1.165, 1.54) is 0 Å². The molecule has 1 rings (SSSR count). The molecule has 2 heteroatoms. The van der Waals surface area contributed by atoms with Crippen LogP contribution in [0.2, 0.25) is 0 Å². The lowest BCUT2D eigenvalue weighted by Gasteiger charge is -1.87. The van der Waals surface area contributed by atoms with E-state index in [0.717, 1.165) is 10.2 Å². The molecule has 1 radical (unpaired) electrons. The summed E-state index contributed by atoms with van der Waals surface area (Å²) in [7, 11) is 0. The van der Waals surface area contributed by atoms with Gasteiger partial charge in [-0.2, -0.15) is 0 Å². The third-order valence-corrected chi connectivity index (χ3v) is 1.26. The summed E-state index contributed by atoms with van der Waals surface area (Å²) >= 11 is 3.21. The molecule has 1 nitrogen and oxygen atoms in total. The van der Waals surface area contributed by atoms with Crippen molar-refractivity contribution in [2.45, 2.75) is 0 Å². The van der Waals surface area contributed by atoms with Crippen molar-refractivity contribution >= 4 is 15.9 Å². The molecular weight excluding hydrogens is 166 g/mol. The van der Waals surface area contributed by atoms with Crippen LogP contribution in [0.1, 0.15) is 5.56 Å². The zero-order valence-corrected chi connectivity index (χ0v) is 5.85. The van der Waals surface area contributed by atoms with Crippen molar-refractivity contribution in [2.24, 2.45) is 0 Å². The Balaban J connectivity index is 3.03. The molecule has 0 bridgehead atoms. The Labute approximate surface area is 56.9 Å². The molecule has 0 fully saturated rings. The first-order valence-electron chi connectivity index (χ1n) is 2.22. The molecule has 1 aromatic rings. The first-order valence-corrected chi connectivity index (χ1v) is 3.02. The smallest absolute Gasteiger partial charge is 0.106 e. The molecule has 1 aromatic heterocycles. The quantitative estimate of drug-likeness (QED) is 0.544. The molecule has 0 amide bonds. The van der Waals surface area contributed by atoms with E-state index in [2.05, 4.69) is 27.8 Å². The van der Waals surface area contributed by atoms with Crippen LogP contribution >= 0.6 is 15.9 Å². The highest BCUT2D eigenvalue weighted by molar-refractivity contribution is 9.10. The molecule has 0 N–H and O–H groups in total. The fraction of sp³-hybridized carbons (Fsp3) is 0. The largest absolute Gasteiger partial charge is 0.249 e. The third-order valence-electron chi connectivity index (χ3n) is 0.789. The highest BCUT2D eigenvalue weighted by Crippen LogP contribution is 2.04. The van der Waals surface area contributed by atoms with Crippen molar-refractivity contribution in [1.82, 2.24) is 4.98 Å². The van der Waals surface area contributed by atoms with Crippen LogP contribution in [0.15, 0.2) is 22.9 Å². The number of halogens is 1. The van der Waals surface area contributed by atoms with Crippen molar-refractivity contribution in [3.63, 3.8) is 0 Å². The third kappa shape index (κ3) is 1.30. The summed E-state index contributed by atoms with van der Waals surface area (Å²) in [6.07, 6.45) is 1.71. The minimum absolute atomic E-state index is 0.852. The summed E-state index contributed by atoms with van der Waals surface area (Å²) in [6, 6.07) is 3.76. The van der Waals surface area contributed by atoms with Gasteiger partial charge in [-0.15, -0.1) is 0 Å². The van der Waals surface area contributed by atoms with Gasteiger partial charge in [-0.05, 0) is 34.5 Å². The summed E-state index contributed by atoms with van der Waals surface area (Å²) < 4.78 is 0.852. The average molecular weight is 171 g/mol. The molecule has 0 spiro atoms. The van der Waals surface area contributed by atoms with Crippen LogP contribution in [-0.4, -0.2) is 4.98 Å². The van der Waals surface area contributed by atoms with Crippen LogP contribution in [0, 0.1) is 6.92 Å². The van der Waals surface area contributed by atoms with Gasteiger partial charge < -0.3 is 0 Å². The van der Waals surface area contributed by atoms with Gasteiger partial charge in [0.1, 0.15) is 4.60 Å². The Kier molecular flexibility index (Phi) is 1.63. The number of nitrogens with zero attached hydrogens (tertiary/aromatic N) is 1. The van der Waals surface area contributed by atoms with Gasteiger partial charge >= 0.3 is 0 Å². The zero-order chi connectivity index (χ0) is 5.98. The van der Waals surface area contributed by atoms with Gasteiger partial charge in [0.2, 0.25) is 0 Å². The maximum absolute atomic E-state index is 3.93. The molecule has 0 saturated heterocycles. The van der Waals surface area contributed by atoms with Crippen LogP contribution in [0.3, 0.4) is 0 Å². The predicted molar refractivity (Wildman–Crippen MR) is 36.4 cm³/mol. The van der Waals surface area contributed by atoms with E-state index in [9.17, 15) is 0 Å². The van der Waals surface area contributed by atoms with Crippen LogP contribution < -0.4 is 0 Å². The Bertz CT molecular complexity index is 147. The Morgan fingerprint density at radius 3 is 2.62 bits per heavy atom. The summed E-state index contributed by atoms with van der Waals surface area (Å²) in [5.41, 5.74) is 0.938. The number of rotatable bonds is 0. The number of pyridine rings is 1. The number of aromatic nitrogens is 1. The summed E-state index contributed by atoms with van der Waals surface area (Å²) in [4.78, 5) is 3.93. The zero-order valence-electron chi connectivity index (χ0n) is 4.26. The fourth-order valence-corrected chi connectivity index (χ4v) is 0.641. The Hall–Kier alpha value is -0.370. The van der Waals surface area contributed by atoms with Gasteiger partial charge in [-0.1, -0.05) is 6.07 Å². The molecular formula is C6H5BrN. The second-order valence-corrected chi connectivity index (χ2v) is 2.30. The topological polar surface area (TPSA) is 12.9 Å². The van der Waals surface area contributed by atoms with Gasteiger partial charge in [0.15, 0.2) is 0 Å². The van der Waals surface area contributed by atoms with Crippen LogP contribution in [0.25, 0.3) is 0 Å². The van der Waals surface area contributed by atoms with Gasteiger partial charge in [0.05, 0.1) is 0 Å². The summed E-state index contributed by atoms with van der Waals surface area (Å²) in [6.45, 7) is 3.68. The van der Waals surface area contributed by atoms with Crippen molar-refractivity contribution in [3.8, 4) is 0 Å². The normalized spacial score (nSPS) is 9.25. The molecule has 0 atom stereocenters. The Morgan fingerprint density at radius 1 is 1.50 bits per heavy atom. The minimum Gasteiger partial charge on any atom is -0.249 e. The molecule has 8 heavy (non-hydrogen) atoms. The molecule has 0 aliphatic heterocycles. The standard InChI is InChI=1S/C6H5BrN/c1-5-2-3-6(7)8-4-5/h2-4H,1H2. The first-order chi connectivity index (χ1) is 3.79. The van der Waals surface area contributed by atoms with Gasteiger partial charge in [0, 0.05) is 6.20 Å². The van der Waals surface area contributed by atoms with E-state index in [0.29, 0.717) is 0 Å². The van der Waals surface area contributed by atoms with Crippen LogP contribution in [0.4, 0.5) is 0 Å². The molecule has 0 saturated carbocycles. The molecule has 0 aliphatic rings. The van der Waals surface area contributed by atoms with Crippen LogP contribution in [0.5, 0.6) is 0 Å². The molecule has 0 unspecified atom stereocenters. The molecule has 41 valence electrons. The number of hydrogen-bond acceptors (Lipinski definition) is 1. The average Bonchev–Trinajstić information content (AvgIpc) is 1.77. The molecule has 0 aromatic carbocycles. The van der Waals surface area contributed by atoms with Gasteiger partial charge in [-0.25, -0.2) is 4.98 Å². The predicted octanol–water partition coefficient (Wildman–Crippen LogP) is 2.03. The number of hydrogen-bond donors (Lipinski definition) is 0. The lowest BCUT2D eigenvalue weighted by atomic mass is 10.3. The maximum Gasteiger partial charge on any atom is 0.106 e. The second-order valence-electron chi connectivity index (χ2n) is 1.49. The monoisotopic (exact) mass is 170 g/mol. The lowest BCUT2D eigenvalue weighted by molar-refractivity contribution is 1.26. The van der Waals surface area contributed by atoms with Gasteiger partial charge in [0.25, 0.3) is 0 Å². The van der Waals surface area contributed by atoms with Crippen molar-refractivity contribution in [2.75, 3.05) is 0 Å². The molecule has 0 aliphatic carbocycles. The molecule has 1 heterocycles. The van der Waals surface area contributed by atoms with Crippen molar-refractivity contribution < 1.29 is 0 Å². The Morgan fingerprint density at radius 2 is 2.25 bits per heavy atom. The van der Waals surface area contributed by atoms with E-state index >= 15 is 0 Å². The van der Waals surface area contributed by atoms with Crippen molar-refractivity contribution in [3.05, 3.63) is 35.4 Å². The summed E-state index contributed by atoms with van der Waals surface area (Å²) in [5, 5.41) is 0. The van der Waals surface area contributed by atoms with E-state index < -0.39 is 0 Å². The lowest BCUT2D eigenvalue weighted by Crippen LogP contribution is -1.74. The van der Waals surface area contributed by atoms with E-state index in [-0.39, 0.29) is 0 Å². The van der Waals surface area contributed by atoms with Crippen molar-refractivity contribution in [1.29, 1.82) is 0 Å². The highest BCUT2D eigenvalue weighted by Gasteiger charge is 1.83. The van der Waals surface area contributed by atoms with Gasteiger partial charge in [-0.3, -0.25) is 0 Å². The van der Waals surface area contributed by atoms with Crippen LogP contribution in [-0.2, 0) is 0 Å². The first kappa shape index (κ1) is 5.76. The maximum atomic E-state index is 3.93. The second kappa shape index (κ2) is 2.27. The van der Waals surface area contributed by atoms with E-state index in [4.69, 9.17) is 0 Å². The SMILES string of the molecule is [CH2]c1ccc(Br)nc1.